The second-order valence-electron chi connectivity index (χ2n) is 8.58. The molecular formula is C24H28ClN3O4. The summed E-state index contributed by atoms with van der Waals surface area (Å²) in [5.74, 6) is 0.377. The van der Waals surface area contributed by atoms with Crippen molar-refractivity contribution < 1.29 is 19.7 Å². The van der Waals surface area contributed by atoms with Crippen LogP contribution in [0.4, 0.5) is 5.69 Å². The Morgan fingerprint density at radius 1 is 1.28 bits per heavy atom. The molecule has 2 aromatic carbocycles. The van der Waals surface area contributed by atoms with Gasteiger partial charge in [-0.1, -0.05) is 30.7 Å². The predicted octanol–water partition coefficient (Wildman–Crippen LogP) is 3.91. The van der Waals surface area contributed by atoms with Crippen LogP contribution in [0.1, 0.15) is 25.8 Å². The number of rotatable bonds is 5. The number of fused-ring (bicyclic) bond motifs is 2. The zero-order chi connectivity index (χ0) is 22.8. The molecule has 0 aliphatic carbocycles. The number of carboxylic acids is 1. The van der Waals surface area contributed by atoms with E-state index in [1.54, 1.807) is 25.1 Å². The van der Waals surface area contributed by atoms with E-state index < -0.39 is 18.0 Å². The molecule has 3 N–H and O–H groups in total. The SMILES string of the molecule is CC(C[C@H](C)O)[C@H](C(=O)O)[C@H]1CN(C2=Nc3cc(Cl)ccc3Oc3ccccc32)CCN1. The second-order valence-corrected chi connectivity index (χ2v) is 9.01. The van der Waals surface area contributed by atoms with E-state index >= 15 is 0 Å². The maximum Gasteiger partial charge on any atom is 0.308 e. The van der Waals surface area contributed by atoms with Gasteiger partial charge in [0, 0.05) is 30.7 Å². The number of piperazine rings is 1. The highest BCUT2D eigenvalue weighted by Crippen LogP contribution is 2.39. The number of amidine groups is 1. The molecule has 7 nitrogen and oxygen atoms in total. The fraction of sp³-hybridized carbons (Fsp3) is 0.417. The van der Waals surface area contributed by atoms with Gasteiger partial charge in [-0.25, -0.2) is 4.99 Å². The Bertz CT molecular complexity index is 1030. The summed E-state index contributed by atoms with van der Waals surface area (Å²) in [5, 5.41) is 23.7. The van der Waals surface area contributed by atoms with Crippen molar-refractivity contribution in [1.82, 2.24) is 10.2 Å². The van der Waals surface area contributed by atoms with E-state index in [4.69, 9.17) is 21.3 Å². The summed E-state index contributed by atoms with van der Waals surface area (Å²) in [6, 6.07) is 12.8. The molecule has 0 radical (unpaired) electrons. The van der Waals surface area contributed by atoms with Crippen molar-refractivity contribution in [3.8, 4) is 11.5 Å². The first-order valence-corrected chi connectivity index (χ1v) is 11.3. The van der Waals surface area contributed by atoms with Gasteiger partial charge in [0.05, 0.1) is 17.6 Å². The van der Waals surface area contributed by atoms with E-state index in [1.165, 1.54) is 0 Å². The summed E-state index contributed by atoms with van der Waals surface area (Å²) >= 11 is 6.22. The summed E-state index contributed by atoms with van der Waals surface area (Å²) in [7, 11) is 0. The summed E-state index contributed by atoms with van der Waals surface area (Å²) in [5.41, 5.74) is 1.49. The van der Waals surface area contributed by atoms with Crippen molar-refractivity contribution in [2.45, 2.75) is 32.4 Å². The number of aliphatic imine (C=N–C) groups is 1. The maximum absolute atomic E-state index is 12.2. The van der Waals surface area contributed by atoms with Crippen molar-refractivity contribution in [1.29, 1.82) is 0 Å². The molecule has 32 heavy (non-hydrogen) atoms. The zero-order valence-electron chi connectivity index (χ0n) is 18.2. The summed E-state index contributed by atoms with van der Waals surface area (Å²) < 4.78 is 6.14. The normalized spacial score (nSPS) is 20.7. The molecule has 4 atom stereocenters. The molecule has 4 rings (SSSR count). The molecule has 2 aliphatic rings. The summed E-state index contributed by atoms with van der Waals surface area (Å²) in [6.07, 6.45) is -0.124. The molecule has 0 spiro atoms. The van der Waals surface area contributed by atoms with Crippen LogP contribution >= 0.6 is 11.6 Å². The first kappa shape index (κ1) is 22.6. The van der Waals surface area contributed by atoms with Crippen molar-refractivity contribution >= 4 is 29.1 Å². The molecule has 1 unspecified atom stereocenters. The van der Waals surface area contributed by atoms with Gasteiger partial charge in [0.1, 0.15) is 17.3 Å². The minimum Gasteiger partial charge on any atom is -0.481 e. The first-order chi connectivity index (χ1) is 15.3. The molecule has 1 fully saturated rings. The molecular weight excluding hydrogens is 430 g/mol. The van der Waals surface area contributed by atoms with Gasteiger partial charge in [-0.3, -0.25) is 4.79 Å². The number of hydrogen-bond donors (Lipinski definition) is 3. The Morgan fingerprint density at radius 2 is 2.06 bits per heavy atom. The lowest BCUT2D eigenvalue weighted by Crippen LogP contribution is -2.58. The van der Waals surface area contributed by atoms with Gasteiger partial charge >= 0.3 is 5.97 Å². The average Bonchev–Trinajstić information content (AvgIpc) is 2.90. The summed E-state index contributed by atoms with van der Waals surface area (Å²) in [4.78, 5) is 19.2. The molecule has 2 aromatic rings. The standard InChI is InChI=1S/C24H28ClN3O4/c1-14(11-15(2)29)22(24(30)31)19-13-28(10-9-26-19)23-17-5-3-4-6-20(17)32-21-8-7-16(25)12-18(21)27-23/h3-8,12,14-15,19,22,26,29H,9-11,13H2,1-2H3,(H,30,31)/t14?,15-,19+,22-/m0/s1. The first-order valence-electron chi connectivity index (χ1n) is 10.9. The number of nitrogens with one attached hydrogen (secondary N) is 1. The van der Waals surface area contributed by atoms with Crippen LogP contribution in [-0.2, 0) is 4.79 Å². The number of halogens is 1. The van der Waals surface area contributed by atoms with E-state index in [9.17, 15) is 15.0 Å². The maximum atomic E-state index is 12.2. The minimum atomic E-state index is -0.860. The van der Waals surface area contributed by atoms with Crippen LogP contribution in [0.25, 0.3) is 0 Å². The van der Waals surface area contributed by atoms with Crippen molar-refractivity contribution in [2.75, 3.05) is 19.6 Å². The molecule has 0 saturated carbocycles. The van der Waals surface area contributed by atoms with Gasteiger partial charge in [0.2, 0.25) is 0 Å². The van der Waals surface area contributed by atoms with E-state index in [1.807, 2.05) is 31.2 Å². The van der Waals surface area contributed by atoms with Gasteiger partial charge < -0.3 is 25.2 Å². The number of carbonyl (C=O) groups is 1. The van der Waals surface area contributed by atoms with Crippen molar-refractivity contribution in [3.63, 3.8) is 0 Å². The van der Waals surface area contributed by atoms with Gasteiger partial charge in [-0.05, 0) is 49.6 Å². The molecule has 0 aromatic heterocycles. The quantitative estimate of drug-likeness (QED) is 0.630. The monoisotopic (exact) mass is 457 g/mol. The number of hydrogen-bond acceptors (Lipinski definition) is 6. The molecule has 8 heteroatoms. The predicted molar refractivity (Wildman–Crippen MR) is 124 cm³/mol. The van der Waals surface area contributed by atoms with E-state index in [0.717, 1.165) is 11.4 Å². The number of benzene rings is 2. The largest absolute Gasteiger partial charge is 0.481 e. The highest BCUT2D eigenvalue weighted by Gasteiger charge is 2.37. The molecule has 170 valence electrons. The number of ether oxygens (including phenoxy) is 1. The lowest BCUT2D eigenvalue weighted by atomic mass is 9.83. The van der Waals surface area contributed by atoms with Crippen LogP contribution in [-0.4, -0.2) is 58.7 Å². The molecule has 1 saturated heterocycles. The van der Waals surface area contributed by atoms with E-state index in [-0.39, 0.29) is 12.0 Å². The second kappa shape index (κ2) is 9.48. The van der Waals surface area contributed by atoms with Crippen LogP contribution < -0.4 is 10.1 Å². The lowest BCUT2D eigenvalue weighted by molar-refractivity contribution is -0.145. The van der Waals surface area contributed by atoms with Crippen molar-refractivity contribution in [2.24, 2.45) is 16.8 Å². The molecule has 0 bridgehead atoms. The number of aliphatic hydroxyl groups excluding tert-OH is 1. The number of aliphatic hydroxyl groups is 1. The molecule has 0 amide bonds. The van der Waals surface area contributed by atoms with Gasteiger partial charge in [-0.2, -0.15) is 0 Å². The third kappa shape index (κ3) is 4.75. The third-order valence-electron chi connectivity index (χ3n) is 6.04. The Labute approximate surface area is 192 Å². The van der Waals surface area contributed by atoms with Crippen molar-refractivity contribution in [3.05, 3.63) is 53.1 Å². The van der Waals surface area contributed by atoms with Crippen LogP contribution in [0.5, 0.6) is 11.5 Å². The topological polar surface area (TPSA) is 94.4 Å². The van der Waals surface area contributed by atoms with E-state index in [0.29, 0.717) is 48.3 Å². The fourth-order valence-electron chi connectivity index (χ4n) is 4.65. The van der Waals surface area contributed by atoms with Gasteiger partial charge in [0.25, 0.3) is 0 Å². The smallest absolute Gasteiger partial charge is 0.308 e. The highest BCUT2D eigenvalue weighted by molar-refractivity contribution is 6.31. The number of aliphatic carboxylic acids is 1. The zero-order valence-corrected chi connectivity index (χ0v) is 18.9. The Hall–Kier alpha value is -2.61. The number of carboxylic acid groups (broad SMARTS) is 1. The number of nitrogens with zero attached hydrogens (tertiary/aromatic N) is 2. The third-order valence-corrected chi connectivity index (χ3v) is 6.28. The Kier molecular flexibility index (Phi) is 6.69. The van der Waals surface area contributed by atoms with Crippen LogP contribution in [0.2, 0.25) is 5.02 Å². The van der Waals surface area contributed by atoms with Crippen LogP contribution in [0, 0.1) is 11.8 Å². The van der Waals surface area contributed by atoms with E-state index in [2.05, 4.69) is 10.2 Å². The number of para-hydroxylation sites is 1. The highest BCUT2D eigenvalue weighted by atomic mass is 35.5. The lowest BCUT2D eigenvalue weighted by Gasteiger charge is -2.40. The van der Waals surface area contributed by atoms with Crippen LogP contribution in [0.3, 0.4) is 0 Å². The fourth-order valence-corrected chi connectivity index (χ4v) is 4.81. The Morgan fingerprint density at radius 3 is 2.81 bits per heavy atom. The molecule has 2 aliphatic heterocycles. The van der Waals surface area contributed by atoms with Gasteiger partial charge in [-0.15, -0.1) is 0 Å². The Balaban J connectivity index is 1.69. The van der Waals surface area contributed by atoms with Crippen LogP contribution in [0.15, 0.2) is 47.5 Å². The average molecular weight is 458 g/mol. The van der Waals surface area contributed by atoms with Gasteiger partial charge in [0.15, 0.2) is 5.75 Å². The summed E-state index contributed by atoms with van der Waals surface area (Å²) in [6.45, 7) is 5.35. The molecule has 2 heterocycles. The minimum absolute atomic E-state index is 0.184.